The van der Waals surface area contributed by atoms with Crippen molar-refractivity contribution in [3.63, 3.8) is 0 Å². The zero-order valence-corrected chi connectivity index (χ0v) is 12.2. The monoisotopic (exact) mass is 419 g/mol. The van der Waals surface area contributed by atoms with E-state index in [1.165, 1.54) is 16.3 Å². The Labute approximate surface area is 112 Å². The van der Waals surface area contributed by atoms with Gasteiger partial charge in [0.05, 0.1) is 0 Å². The van der Waals surface area contributed by atoms with Crippen LogP contribution in [0.3, 0.4) is 0 Å². The van der Waals surface area contributed by atoms with Crippen LogP contribution in [-0.2, 0) is 25.9 Å². The van der Waals surface area contributed by atoms with Gasteiger partial charge in [0, 0.05) is 6.54 Å². The minimum Gasteiger partial charge on any atom is -0.326 e. The van der Waals surface area contributed by atoms with Gasteiger partial charge in [0.15, 0.2) is 0 Å². The predicted octanol–water partition coefficient (Wildman–Crippen LogP) is 0.244. The van der Waals surface area contributed by atoms with Gasteiger partial charge in [0.1, 0.15) is 5.82 Å². The Morgan fingerprint density at radius 3 is 2.24 bits per heavy atom. The molecule has 0 amide bonds. The first-order chi connectivity index (χ1) is 8.02. The number of rotatable bonds is 1. The van der Waals surface area contributed by atoms with Gasteiger partial charge < -0.3 is 5.73 Å². The molecule has 17 heavy (non-hydrogen) atoms. The van der Waals surface area contributed by atoms with Crippen molar-refractivity contribution >= 4 is 4.15 Å². The molecule has 0 saturated carbocycles. The van der Waals surface area contributed by atoms with Crippen molar-refractivity contribution in [2.75, 3.05) is 20.8 Å². The predicted molar refractivity (Wildman–Crippen MR) is 62.8 cm³/mol. The molecule has 1 aliphatic heterocycles. The van der Waals surface area contributed by atoms with Crippen LogP contribution in [-0.4, -0.2) is 34.8 Å². The molecular formula is C11H17FN4Pt. The second-order valence-electron chi connectivity index (χ2n) is 3.74. The average molecular weight is 419 g/mol. The number of nitrogens with one attached hydrogen (secondary N) is 1. The number of nitrogens with zero attached hydrogens (tertiary/aromatic N) is 2. The van der Waals surface area contributed by atoms with E-state index in [1.54, 1.807) is 12.1 Å². The Kier molecular flexibility index (Phi) is 6.09. The van der Waals surface area contributed by atoms with E-state index in [9.17, 15) is 4.39 Å². The maximum absolute atomic E-state index is 12.2. The molecule has 0 unspecified atom stereocenters. The molecule has 0 radical (unpaired) electrons. The van der Waals surface area contributed by atoms with Crippen molar-refractivity contribution in [1.29, 1.82) is 0 Å². The summed E-state index contributed by atoms with van der Waals surface area (Å²) in [6.07, 6.45) is 0. The molecule has 6 heteroatoms. The third kappa shape index (κ3) is 5.15. The molecule has 0 aliphatic carbocycles. The van der Waals surface area contributed by atoms with Gasteiger partial charge in [-0.2, -0.15) is 0 Å². The number of benzene rings is 1. The molecule has 1 aromatic rings. The SMILES string of the molecule is CN1CN(C)[C](=[Pt])N1.NCc1ccc(F)cc1. The van der Waals surface area contributed by atoms with Gasteiger partial charge in [-0.3, -0.25) is 0 Å². The first kappa shape index (κ1) is 14.6. The molecule has 1 saturated heterocycles. The van der Waals surface area contributed by atoms with Crippen LogP contribution in [0.15, 0.2) is 24.3 Å². The Morgan fingerprint density at radius 1 is 1.35 bits per heavy atom. The molecule has 0 bridgehead atoms. The summed E-state index contributed by atoms with van der Waals surface area (Å²) in [5, 5.41) is 2.03. The van der Waals surface area contributed by atoms with Crippen LogP contribution >= 0.6 is 0 Å². The topological polar surface area (TPSA) is 44.5 Å². The fraction of sp³-hybridized carbons (Fsp3) is 0.364. The zero-order chi connectivity index (χ0) is 12.8. The van der Waals surface area contributed by atoms with Crippen molar-refractivity contribution in [1.82, 2.24) is 15.3 Å². The first-order valence-electron chi connectivity index (χ1n) is 5.15. The van der Waals surface area contributed by atoms with E-state index in [0.29, 0.717) is 6.54 Å². The van der Waals surface area contributed by atoms with Gasteiger partial charge >= 0.3 is 59.6 Å². The molecule has 1 fully saturated rings. The van der Waals surface area contributed by atoms with E-state index in [0.717, 1.165) is 12.2 Å². The Morgan fingerprint density at radius 2 is 1.94 bits per heavy atom. The van der Waals surface area contributed by atoms with Crippen LogP contribution in [0, 0.1) is 5.82 Å². The van der Waals surface area contributed by atoms with E-state index in [4.69, 9.17) is 5.73 Å². The summed E-state index contributed by atoms with van der Waals surface area (Å²) >= 11 is 2.25. The molecule has 1 aromatic carbocycles. The summed E-state index contributed by atoms with van der Waals surface area (Å²) in [6, 6.07) is 6.16. The molecule has 98 valence electrons. The summed E-state index contributed by atoms with van der Waals surface area (Å²) in [7, 11) is 4.07. The van der Waals surface area contributed by atoms with Gasteiger partial charge in [-0.15, -0.1) is 0 Å². The van der Waals surface area contributed by atoms with Crippen LogP contribution in [0.25, 0.3) is 0 Å². The third-order valence-electron chi connectivity index (χ3n) is 2.16. The van der Waals surface area contributed by atoms with E-state index < -0.39 is 0 Å². The second-order valence-corrected chi connectivity index (χ2v) is 4.82. The van der Waals surface area contributed by atoms with Gasteiger partial charge in [-0.25, -0.2) is 4.39 Å². The second kappa shape index (κ2) is 7.09. The maximum Gasteiger partial charge on any atom is 0.123 e. The van der Waals surface area contributed by atoms with Crippen molar-refractivity contribution in [2.45, 2.75) is 6.54 Å². The number of nitrogens with two attached hydrogens (primary N) is 1. The van der Waals surface area contributed by atoms with E-state index in [2.05, 4.69) is 36.7 Å². The Balaban J connectivity index is 0.000000171. The van der Waals surface area contributed by atoms with Crippen LogP contribution in [0.1, 0.15) is 5.56 Å². The maximum atomic E-state index is 12.2. The third-order valence-corrected chi connectivity index (χ3v) is 3.28. The molecule has 3 N–H and O–H groups in total. The van der Waals surface area contributed by atoms with E-state index in [-0.39, 0.29) is 5.82 Å². The van der Waals surface area contributed by atoms with Gasteiger partial charge in [-0.1, -0.05) is 12.1 Å². The summed E-state index contributed by atoms with van der Waals surface area (Å²) in [5.74, 6) is -0.216. The molecule has 0 spiro atoms. The number of hydrogen-bond donors (Lipinski definition) is 2. The largest absolute Gasteiger partial charge is 0.326 e. The normalized spacial score (nSPS) is 16.9. The number of hydrazine groups is 1. The van der Waals surface area contributed by atoms with Crippen molar-refractivity contribution in [2.24, 2.45) is 5.73 Å². The molecule has 0 aromatic heterocycles. The molecule has 2 rings (SSSR count). The van der Waals surface area contributed by atoms with Crippen LogP contribution in [0.5, 0.6) is 0 Å². The van der Waals surface area contributed by atoms with Crippen LogP contribution in [0.2, 0.25) is 0 Å². The smallest absolute Gasteiger partial charge is 0.123 e. The van der Waals surface area contributed by atoms with Crippen molar-refractivity contribution in [3.8, 4) is 0 Å². The molecular weight excluding hydrogens is 402 g/mol. The molecule has 1 heterocycles. The fourth-order valence-electron chi connectivity index (χ4n) is 1.26. The van der Waals surface area contributed by atoms with Gasteiger partial charge in [-0.05, 0) is 17.7 Å². The summed E-state index contributed by atoms with van der Waals surface area (Å²) in [5.41, 5.74) is 9.36. The zero-order valence-electron chi connectivity index (χ0n) is 9.89. The minimum absolute atomic E-state index is 0.216. The Hall–Kier alpha value is -0.452. The molecule has 0 atom stereocenters. The van der Waals surface area contributed by atoms with Crippen molar-refractivity contribution < 1.29 is 23.7 Å². The van der Waals surface area contributed by atoms with Gasteiger partial charge in [0.25, 0.3) is 0 Å². The summed E-state index contributed by atoms with van der Waals surface area (Å²) in [4.78, 5) is 2.14. The molecule has 4 nitrogen and oxygen atoms in total. The van der Waals surface area contributed by atoms with Crippen LogP contribution < -0.4 is 11.2 Å². The van der Waals surface area contributed by atoms with E-state index >= 15 is 0 Å². The van der Waals surface area contributed by atoms with E-state index in [1.807, 2.05) is 12.1 Å². The quantitative estimate of drug-likeness (QED) is 0.685. The Bertz CT molecular complexity index is 368. The number of hydrogen-bond acceptors (Lipinski definition) is 4. The number of halogens is 1. The molecule has 1 aliphatic rings. The summed E-state index contributed by atoms with van der Waals surface area (Å²) in [6.45, 7) is 1.44. The fourth-order valence-corrected chi connectivity index (χ4v) is 1.86. The summed E-state index contributed by atoms with van der Waals surface area (Å²) < 4.78 is 13.4. The standard InChI is InChI=1S/C7H8FN.C4H9N3.Pt/c8-7-3-1-6(5-9)2-4-7;1-6-3-5-7(2)4-6;/h1-4H,5,9H2;5H,4H2,1-2H3;. The minimum atomic E-state index is -0.216. The van der Waals surface area contributed by atoms with Crippen LogP contribution in [0.4, 0.5) is 4.39 Å². The average Bonchev–Trinajstić information content (AvgIpc) is 2.58. The first-order valence-corrected chi connectivity index (χ1v) is 6.29. The van der Waals surface area contributed by atoms with Gasteiger partial charge in [0.2, 0.25) is 0 Å². The van der Waals surface area contributed by atoms with Crippen molar-refractivity contribution in [3.05, 3.63) is 35.6 Å².